The van der Waals surface area contributed by atoms with Crippen LogP contribution in [0, 0.1) is 30.5 Å². The van der Waals surface area contributed by atoms with Gasteiger partial charge in [0.05, 0.1) is 17.6 Å². The van der Waals surface area contributed by atoms with E-state index < -0.39 is 23.8 Å². The molecule has 0 aromatic heterocycles. The van der Waals surface area contributed by atoms with Crippen LogP contribution < -0.4 is 0 Å². The molecule has 3 fully saturated rings. The molecule has 3 aliphatic heterocycles. The van der Waals surface area contributed by atoms with Gasteiger partial charge < -0.3 is 19.4 Å². The molecule has 2 aromatic carbocycles. The van der Waals surface area contributed by atoms with E-state index in [2.05, 4.69) is 0 Å². The number of rotatable bonds is 4. The predicted molar refractivity (Wildman–Crippen MR) is 145 cm³/mol. The number of hydrogen-bond donors (Lipinski definition) is 0. The quantitative estimate of drug-likeness (QED) is 0.407. The van der Waals surface area contributed by atoms with Crippen LogP contribution in [-0.2, 0) is 15.7 Å². The fourth-order valence-corrected chi connectivity index (χ4v) is 6.73. The van der Waals surface area contributed by atoms with Crippen molar-refractivity contribution >= 4 is 11.9 Å². The largest absolute Gasteiger partial charge is 0.416 e. The molecule has 0 saturated carbocycles. The van der Waals surface area contributed by atoms with Crippen LogP contribution in [0.5, 0.6) is 0 Å². The molecule has 0 bridgehead atoms. The van der Waals surface area contributed by atoms with E-state index in [1.54, 1.807) is 44.0 Å². The Bertz CT molecular complexity index is 1260. The first-order chi connectivity index (χ1) is 19.4. The highest BCUT2D eigenvalue weighted by molar-refractivity contribution is 5.79. The maximum absolute atomic E-state index is 14.0. The van der Waals surface area contributed by atoms with E-state index in [0.29, 0.717) is 63.2 Å². The van der Waals surface area contributed by atoms with Gasteiger partial charge in [-0.2, -0.15) is 13.2 Å². The second-order valence-electron chi connectivity index (χ2n) is 11.7. The van der Waals surface area contributed by atoms with Gasteiger partial charge in [0.1, 0.15) is 5.82 Å². The van der Waals surface area contributed by atoms with Crippen molar-refractivity contribution in [1.82, 2.24) is 14.7 Å². The van der Waals surface area contributed by atoms with Crippen LogP contribution in [-0.4, -0.2) is 66.5 Å². The van der Waals surface area contributed by atoms with Gasteiger partial charge in [0, 0.05) is 51.7 Å². The highest BCUT2D eigenvalue weighted by Crippen LogP contribution is 2.45. The number of halogens is 4. The number of hydrogen-bond acceptors (Lipinski definition) is 3. The predicted octanol–water partition coefficient (Wildman–Crippen LogP) is 6.21. The summed E-state index contributed by atoms with van der Waals surface area (Å²) >= 11 is 0. The van der Waals surface area contributed by atoms with E-state index in [9.17, 15) is 27.2 Å². The zero-order valence-corrected chi connectivity index (χ0v) is 23.7. The molecule has 10 heteroatoms. The number of carbonyl (C=O) groups is 2. The molecule has 0 radical (unpaired) electrons. The number of likely N-dealkylation sites (tertiary alicyclic amines) is 2. The summed E-state index contributed by atoms with van der Waals surface area (Å²) in [4.78, 5) is 32.6. The van der Waals surface area contributed by atoms with Crippen LogP contribution >= 0.6 is 0 Å². The maximum Gasteiger partial charge on any atom is 0.416 e. The van der Waals surface area contributed by atoms with Gasteiger partial charge in [-0.1, -0.05) is 23.8 Å². The molecular formula is C31H37F4N3O3. The Balaban J connectivity index is 1.41. The number of amides is 3. The maximum atomic E-state index is 14.0. The van der Waals surface area contributed by atoms with Crippen molar-refractivity contribution in [2.75, 3.05) is 39.9 Å². The highest BCUT2D eigenvalue weighted by atomic mass is 19.4. The Morgan fingerprint density at radius 3 is 2.37 bits per heavy atom. The molecule has 2 unspecified atom stereocenters. The third-order valence-corrected chi connectivity index (χ3v) is 9.11. The second kappa shape index (κ2) is 11.6. The summed E-state index contributed by atoms with van der Waals surface area (Å²) in [6.45, 7) is 6.03. The van der Waals surface area contributed by atoms with Crippen LogP contribution in [0.2, 0.25) is 0 Å². The van der Waals surface area contributed by atoms with Gasteiger partial charge in [0.25, 0.3) is 0 Å². The van der Waals surface area contributed by atoms with E-state index in [1.165, 1.54) is 17.0 Å². The van der Waals surface area contributed by atoms with Crippen LogP contribution in [0.4, 0.5) is 22.4 Å². The van der Waals surface area contributed by atoms with Crippen molar-refractivity contribution < 1.29 is 31.9 Å². The van der Waals surface area contributed by atoms with Gasteiger partial charge in [-0.15, -0.1) is 0 Å². The molecular weight excluding hydrogens is 538 g/mol. The minimum Gasteiger partial charge on any atom is -0.381 e. The molecule has 0 aliphatic carbocycles. The lowest BCUT2D eigenvalue weighted by molar-refractivity contribution is -0.138. The highest BCUT2D eigenvalue weighted by Gasteiger charge is 2.48. The van der Waals surface area contributed by atoms with Crippen LogP contribution in [0.3, 0.4) is 0 Å². The first-order valence-electron chi connectivity index (χ1n) is 14.3. The molecule has 3 heterocycles. The summed E-state index contributed by atoms with van der Waals surface area (Å²) in [7, 11) is 1.60. The molecule has 0 spiro atoms. The Morgan fingerprint density at radius 2 is 1.71 bits per heavy atom. The summed E-state index contributed by atoms with van der Waals surface area (Å²) in [6, 6.07) is 8.66. The first kappa shape index (κ1) is 29.4. The normalized spacial score (nSPS) is 24.2. The zero-order chi connectivity index (χ0) is 29.5. The molecule has 4 atom stereocenters. The minimum absolute atomic E-state index is 0.0403. The second-order valence-corrected chi connectivity index (χ2v) is 11.7. The number of piperidine rings is 1. The SMILES string of the molecule is Cc1cc(C(C)N(C)C(=O)N2CC[C@@H]3CN(C(=O)C4CCOCC4)CC3[C@@H]2c2ccc(F)cc2)cc(C(F)(F)F)c1. The van der Waals surface area contributed by atoms with Crippen LogP contribution in [0.1, 0.15) is 60.5 Å². The number of ether oxygens (including phenoxy) is 1. The van der Waals surface area contributed by atoms with Crippen molar-refractivity contribution in [3.63, 3.8) is 0 Å². The number of urea groups is 1. The van der Waals surface area contributed by atoms with Gasteiger partial charge in [-0.3, -0.25) is 4.79 Å². The van der Waals surface area contributed by atoms with Crippen LogP contribution in [0.25, 0.3) is 0 Å². The molecule has 5 rings (SSSR count). The molecule has 0 N–H and O–H groups in total. The number of carbonyl (C=O) groups excluding carboxylic acids is 2. The topological polar surface area (TPSA) is 53.1 Å². The number of aryl methyl sites for hydroxylation is 1. The molecule has 2 aromatic rings. The van der Waals surface area contributed by atoms with E-state index in [1.807, 2.05) is 4.90 Å². The van der Waals surface area contributed by atoms with Crippen molar-refractivity contribution in [2.45, 2.75) is 51.4 Å². The lowest BCUT2D eigenvalue weighted by Gasteiger charge is -2.45. The van der Waals surface area contributed by atoms with Crippen LogP contribution in [0.15, 0.2) is 42.5 Å². The fourth-order valence-electron chi connectivity index (χ4n) is 6.73. The minimum atomic E-state index is -4.49. The van der Waals surface area contributed by atoms with Crippen molar-refractivity contribution in [2.24, 2.45) is 17.8 Å². The molecule has 3 amide bonds. The third-order valence-electron chi connectivity index (χ3n) is 9.11. The zero-order valence-electron chi connectivity index (χ0n) is 23.7. The fraction of sp³-hybridized carbons (Fsp3) is 0.548. The third kappa shape index (κ3) is 6.08. The van der Waals surface area contributed by atoms with E-state index in [4.69, 9.17) is 4.74 Å². The summed E-state index contributed by atoms with van der Waals surface area (Å²) in [5, 5.41) is 0. The first-order valence-corrected chi connectivity index (χ1v) is 14.3. The van der Waals surface area contributed by atoms with Gasteiger partial charge in [-0.25, -0.2) is 9.18 Å². The smallest absolute Gasteiger partial charge is 0.381 e. The van der Waals surface area contributed by atoms with Crippen molar-refractivity contribution in [3.8, 4) is 0 Å². The molecule has 6 nitrogen and oxygen atoms in total. The standard InChI is InChI=1S/C31H37F4N3O3/c1-19-14-24(16-25(15-19)31(33,34)35)20(2)36(3)30(40)38-11-8-23-17-37(29(39)22-9-12-41-13-10-22)18-27(23)28(38)21-4-6-26(32)7-5-21/h4-7,14-16,20,22-23,27-28H,8-13,17-18H2,1-3H3/t20?,23-,27?,28+/m1/s1. The molecule has 3 aliphatic rings. The summed E-state index contributed by atoms with van der Waals surface area (Å²) in [6.07, 6.45) is -2.38. The molecule has 3 saturated heterocycles. The van der Waals surface area contributed by atoms with Gasteiger partial charge >= 0.3 is 12.2 Å². The lowest BCUT2D eigenvalue weighted by atomic mass is 9.79. The van der Waals surface area contributed by atoms with Gasteiger partial charge in [-0.05, 0) is 74.4 Å². The Labute approximate surface area is 238 Å². The number of alkyl halides is 3. The van der Waals surface area contributed by atoms with Crippen molar-refractivity contribution in [1.29, 1.82) is 0 Å². The molecule has 41 heavy (non-hydrogen) atoms. The van der Waals surface area contributed by atoms with Crippen molar-refractivity contribution in [3.05, 3.63) is 70.5 Å². The van der Waals surface area contributed by atoms with Gasteiger partial charge in [0.15, 0.2) is 0 Å². The molecule has 222 valence electrons. The monoisotopic (exact) mass is 575 g/mol. The summed E-state index contributed by atoms with van der Waals surface area (Å²) in [5.41, 5.74) is 0.902. The Hall–Kier alpha value is -3.14. The number of fused-ring (bicyclic) bond motifs is 1. The van der Waals surface area contributed by atoms with E-state index in [0.717, 1.165) is 17.7 Å². The average molecular weight is 576 g/mol. The summed E-state index contributed by atoms with van der Waals surface area (Å²) < 4.78 is 59.9. The lowest BCUT2D eigenvalue weighted by Crippen LogP contribution is -2.50. The summed E-state index contributed by atoms with van der Waals surface area (Å²) in [5.74, 6) is -0.168. The van der Waals surface area contributed by atoms with E-state index in [-0.39, 0.29) is 35.5 Å². The Morgan fingerprint density at radius 1 is 1.02 bits per heavy atom. The number of nitrogens with zero attached hydrogens (tertiary/aromatic N) is 3. The van der Waals surface area contributed by atoms with Gasteiger partial charge in [0.2, 0.25) is 5.91 Å². The Kier molecular flexibility index (Phi) is 8.32. The average Bonchev–Trinajstić information content (AvgIpc) is 3.40. The number of benzene rings is 2. The van der Waals surface area contributed by atoms with E-state index >= 15 is 0 Å².